The Morgan fingerprint density at radius 1 is 1.19 bits per heavy atom. The van der Waals surface area contributed by atoms with E-state index in [0.717, 1.165) is 80.3 Å². The zero-order valence-corrected chi connectivity index (χ0v) is 19.6. The zero-order valence-electron chi connectivity index (χ0n) is 18.9. The quantitative estimate of drug-likeness (QED) is 0.590. The van der Waals surface area contributed by atoms with Crippen molar-refractivity contribution in [1.29, 1.82) is 0 Å². The van der Waals surface area contributed by atoms with Gasteiger partial charge in [0.1, 0.15) is 5.75 Å². The van der Waals surface area contributed by atoms with Gasteiger partial charge in [0.25, 0.3) is 5.91 Å². The summed E-state index contributed by atoms with van der Waals surface area (Å²) in [6.07, 6.45) is 7.78. The smallest absolute Gasteiger partial charge is 0.252 e. The highest BCUT2D eigenvalue weighted by molar-refractivity contribution is 6.30. The van der Waals surface area contributed by atoms with E-state index in [1.54, 1.807) is 12.4 Å². The summed E-state index contributed by atoms with van der Waals surface area (Å²) in [7, 11) is 0. The van der Waals surface area contributed by atoms with Crippen molar-refractivity contribution in [3.63, 3.8) is 0 Å². The molecule has 3 heterocycles. The number of carbonyl (C=O) groups excluding carboxylic acids is 1. The van der Waals surface area contributed by atoms with Gasteiger partial charge >= 0.3 is 0 Å². The molecule has 1 aromatic carbocycles. The lowest BCUT2D eigenvalue weighted by Gasteiger charge is -2.32. The lowest BCUT2D eigenvalue weighted by atomic mass is 9.92. The molecular formula is C24H32ClN5O2. The van der Waals surface area contributed by atoms with Crippen molar-refractivity contribution in [2.45, 2.75) is 45.6 Å². The van der Waals surface area contributed by atoms with Gasteiger partial charge < -0.3 is 20.3 Å². The van der Waals surface area contributed by atoms with Gasteiger partial charge in [-0.25, -0.2) is 9.97 Å². The Labute approximate surface area is 194 Å². The lowest BCUT2D eigenvalue weighted by molar-refractivity contribution is 0.0922. The van der Waals surface area contributed by atoms with E-state index in [1.807, 2.05) is 26.0 Å². The molecule has 0 atom stereocenters. The minimum absolute atomic E-state index is 0.00777. The van der Waals surface area contributed by atoms with Crippen LogP contribution in [0, 0.1) is 19.8 Å². The second kappa shape index (κ2) is 10.5. The first-order valence-electron chi connectivity index (χ1n) is 11.5. The van der Waals surface area contributed by atoms with Crippen LogP contribution >= 0.6 is 11.6 Å². The van der Waals surface area contributed by atoms with E-state index in [4.69, 9.17) is 16.3 Å². The summed E-state index contributed by atoms with van der Waals surface area (Å²) in [5, 5.41) is 6.82. The number of ether oxygens (including phenoxy) is 1. The van der Waals surface area contributed by atoms with E-state index in [-0.39, 0.29) is 11.9 Å². The summed E-state index contributed by atoms with van der Waals surface area (Å²) in [5.74, 6) is 2.33. The van der Waals surface area contributed by atoms with Crippen LogP contribution < -0.4 is 20.3 Å². The van der Waals surface area contributed by atoms with Gasteiger partial charge in [-0.2, -0.15) is 0 Å². The largest absolute Gasteiger partial charge is 0.494 e. The highest BCUT2D eigenvalue weighted by Crippen LogP contribution is 2.26. The van der Waals surface area contributed by atoms with Gasteiger partial charge in [-0.3, -0.25) is 4.79 Å². The second-order valence-electron chi connectivity index (χ2n) is 8.88. The van der Waals surface area contributed by atoms with Gasteiger partial charge in [-0.1, -0.05) is 11.6 Å². The summed E-state index contributed by atoms with van der Waals surface area (Å²) >= 11 is 5.88. The summed E-state index contributed by atoms with van der Waals surface area (Å²) in [4.78, 5) is 23.4. The molecule has 172 valence electrons. The summed E-state index contributed by atoms with van der Waals surface area (Å²) in [5.41, 5.74) is 2.68. The maximum absolute atomic E-state index is 12.6. The number of aryl methyl sites for hydroxylation is 2. The normalized spacial score (nSPS) is 17.2. The monoisotopic (exact) mass is 457 g/mol. The van der Waals surface area contributed by atoms with Crippen molar-refractivity contribution < 1.29 is 9.53 Å². The van der Waals surface area contributed by atoms with E-state index in [9.17, 15) is 4.79 Å². The SMILES string of the molecule is Cc1cc(OCCCC2CCN(c3ncc(Cl)cn3)CC2)cc(C)c1C(=O)NC1CNC1. The molecule has 2 aliphatic heterocycles. The van der Waals surface area contributed by atoms with E-state index in [0.29, 0.717) is 17.5 Å². The number of anilines is 1. The number of hydrogen-bond acceptors (Lipinski definition) is 6. The average molecular weight is 458 g/mol. The van der Waals surface area contributed by atoms with E-state index < -0.39 is 0 Å². The number of nitrogens with zero attached hydrogens (tertiary/aromatic N) is 3. The second-order valence-corrected chi connectivity index (χ2v) is 9.32. The number of benzene rings is 1. The number of piperidine rings is 1. The molecule has 32 heavy (non-hydrogen) atoms. The molecule has 0 spiro atoms. The molecule has 8 heteroatoms. The van der Waals surface area contributed by atoms with Crippen LogP contribution in [0.15, 0.2) is 24.5 Å². The number of hydrogen-bond donors (Lipinski definition) is 2. The predicted molar refractivity (Wildman–Crippen MR) is 127 cm³/mol. The molecule has 2 fully saturated rings. The maximum Gasteiger partial charge on any atom is 0.252 e. The Morgan fingerprint density at radius 3 is 2.44 bits per heavy atom. The molecular weight excluding hydrogens is 426 g/mol. The Kier molecular flexibility index (Phi) is 7.48. The van der Waals surface area contributed by atoms with Gasteiger partial charge in [0.05, 0.1) is 30.1 Å². The topological polar surface area (TPSA) is 79.4 Å². The van der Waals surface area contributed by atoms with Crippen molar-refractivity contribution in [2.75, 3.05) is 37.7 Å². The Balaban J connectivity index is 1.19. The van der Waals surface area contributed by atoms with Crippen molar-refractivity contribution >= 4 is 23.5 Å². The molecule has 0 saturated carbocycles. The fourth-order valence-corrected chi connectivity index (χ4v) is 4.56. The van der Waals surface area contributed by atoms with Gasteiger partial charge in [-0.15, -0.1) is 0 Å². The zero-order chi connectivity index (χ0) is 22.5. The third-order valence-electron chi connectivity index (χ3n) is 6.38. The van der Waals surface area contributed by atoms with Gasteiger partial charge in [0, 0.05) is 31.7 Å². The molecule has 1 amide bonds. The molecule has 2 aliphatic rings. The number of aromatic nitrogens is 2. The minimum Gasteiger partial charge on any atom is -0.494 e. The van der Waals surface area contributed by atoms with Crippen LogP contribution in [-0.2, 0) is 0 Å². The first kappa shape index (κ1) is 22.8. The molecule has 0 bridgehead atoms. The van der Waals surface area contributed by atoms with Crippen molar-refractivity contribution in [1.82, 2.24) is 20.6 Å². The minimum atomic E-state index is 0.00777. The van der Waals surface area contributed by atoms with Crippen LogP contribution in [0.3, 0.4) is 0 Å². The van der Waals surface area contributed by atoms with Crippen LogP contribution in [0.2, 0.25) is 5.02 Å². The standard InChI is InChI=1S/C24H32ClN5O2/c1-16-10-21(11-17(2)22(16)23(31)29-20-14-26-15-20)32-9-3-4-18-5-7-30(8-6-18)24-27-12-19(25)13-28-24/h10-13,18,20,26H,3-9,14-15H2,1-2H3,(H,29,31). The van der Waals surface area contributed by atoms with Crippen molar-refractivity contribution in [2.24, 2.45) is 5.92 Å². The number of halogens is 1. The molecule has 0 unspecified atom stereocenters. The Hall–Kier alpha value is -2.38. The third-order valence-corrected chi connectivity index (χ3v) is 6.57. The van der Waals surface area contributed by atoms with Gasteiger partial charge in [-0.05, 0) is 68.7 Å². The highest BCUT2D eigenvalue weighted by Gasteiger charge is 2.22. The van der Waals surface area contributed by atoms with E-state index in [1.165, 1.54) is 0 Å². The van der Waals surface area contributed by atoms with E-state index in [2.05, 4.69) is 25.5 Å². The van der Waals surface area contributed by atoms with Crippen LogP contribution in [0.5, 0.6) is 5.75 Å². The van der Waals surface area contributed by atoms with Crippen molar-refractivity contribution in [3.8, 4) is 5.75 Å². The molecule has 2 aromatic rings. The predicted octanol–water partition coefficient (Wildman–Crippen LogP) is 3.52. The molecule has 2 N–H and O–H groups in total. The Morgan fingerprint density at radius 2 is 1.84 bits per heavy atom. The summed E-state index contributed by atoms with van der Waals surface area (Å²) in [6, 6.07) is 4.19. The molecule has 2 saturated heterocycles. The maximum atomic E-state index is 12.6. The molecule has 7 nitrogen and oxygen atoms in total. The highest BCUT2D eigenvalue weighted by atomic mass is 35.5. The molecule has 1 aromatic heterocycles. The Bertz CT molecular complexity index is 901. The average Bonchev–Trinajstić information content (AvgIpc) is 2.74. The molecule has 4 rings (SSSR count). The fourth-order valence-electron chi connectivity index (χ4n) is 4.47. The summed E-state index contributed by atoms with van der Waals surface area (Å²) in [6.45, 7) is 8.30. The van der Waals surface area contributed by atoms with Crippen LogP contribution in [0.25, 0.3) is 0 Å². The van der Waals surface area contributed by atoms with Crippen LogP contribution in [0.4, 0.5) is 5.95 Å². The van der Waals surface area contributed by atoms with Gasteiger partial charge in [0.15, 0.2) is 0 Å². The molecule has 0 radical (unpaired) electrons. The first-order chi connectivity index (χ1) is 15.5. The van der Waals surface area contributed by atoms with Gasteiger partial charge in [0.2, 0.25) is 5.95 Å². The number of rotatable bonds is 8. The number of amides is 1. The number of carbonyl (C=O) groups is 1. The third kappa shape index (κ3) is 5.70. The van der Waals surface area contributed by atoms with E-state index >= 15 is 0 Å². The lowest BCUT2D eigenvalue weighted by Crippen LogP contribution is -2.57. The molecule has 0 aliphatic carbocycles. The fraction of sp³-hybridized carbons (Fsp3) is 0.542. The van der Waals surface area contributed by atoms with Crippen LogP contribution in [0.1, 0.15) is 47.2 Å². The van der Waals surface area contributed by atoms with Crippen molar-refractivity contribution in [3.05, 3.63) is 46.2 Å². The first-order valence-corrected chi connectivity index (χ1v) is 11.9. The number of nitrogens with one attached hydrogen (secondary N) is 2. The van der Waals surface area contributed by atoms with Crippen LogP contribution in [-0.4, -0.2) is 54.7 Å². The summed E-state index contributed by atoms with van der Waals surface area (Å²) < 4.78 is 6.02.